The van der Waals surface area contributed by atoms with Gasteiger partial charge in [0.2, 0.25) is 0 Å². The zero-order chi connectivity index (χ0) is 14.0. The summed E-state index contributed by atoms with van der Waals surface area (Å²) in [6.07, 6.45) is 0. The maximum Gasteiger partial charge on any atom is 0.128 e. The summed E-state index contributed by atoms with van der Waals surface area (Å²) in [5.41, 5.74) is 2.23. The zero-order valence-electron chi connectivity index (χ0n) is 10.7. The highest BCUT2D eigenvalue weighted by molar-refractivity contribution is 9.10. The molecule has 1 N–H and O–H groups in total. The highest BCUT2D eigenvalue weighted by Gasteiger charge is 2.19. The first-order valence-electron chi connectivity index (χ1n) is 5.92. The van der Waals surface area contributed by atoms with Crippen molar-refractivity contribution in [3.63, 3.8) is 0 Å². The molecule has 100 valence electrons. The number of nitrogens with one attached hydrogen (secondary N) is 1. The molecule has 0 aliphatic carbocycles. The Labute approximate surface area is 119 Å². The molecular formula is C15H14BrF2N. The fourth-order valence-electron chi connectivity index (χ4n) is 2.11. The van der Waals surface area contributed by atoms with Crippen LogP contribution in [0.5, 0.6) is 0 Å². The second-order valence-electron chi connectivity index (χ2n) is 4.37. The monoisotopic (exact) mass is 325 g/mol. The van der Waals surface area contributed by atoms with Gasteiger partial charge in [-0.1, -0.05) is 34.1 Å². The van der Waals surface area contributed by atoms with Crippen LogP contribution in [0.3, 0.4) is 0 Å². The second-order valence-corrected chi connectivity index (χ2v) is 5.16. The summed E-state index contributed by atoms with van der Waals surface area (Å²) in [7, 11) is 1.73. The van der Waals surface area contributed by atoms with E-state index in [2.05, 4.69) is 21.2 Å². The van der Waals surface area contributed by atoms with Crippen LogP contribution in [0.4, 0.5) is 8.78 Å². The van der Waals surface area contributed by atoms with Gasteiger partial charge in [0.1, 0.15) is 11.6 Å². The molecule has 19 heavy (non-hydrogen) atoms. The minimum Gasteiger partial charge on any atom is -0.309 e. The Kier molecular flexibility index (Phi) is 4.32. The number of rotatable bonds is 3. The minimum atomic E-state index is -0.444. The first-order chi connectivity index (χ1) is 9.04. The van der Waals surface area contributed by atoms with E-state index < -0.39 is 17.7 Å². The molecule has 0 heterocycles. The van der Waals surface area contributed by atoms with Crippen LogP contribution >= 0.6 is 15.9 Å². The average molecular weight is 326 g/mol. The number of halogens is 3. The number of hydrogen-bond acceptors (Lipinski definition) is 1. The summed E-state index contributed by atoms with van der Waals surface area (Å²) < 4.78 is 28.1. The molecule has 0 saturated heterocycles. The zero-order valence-corrected chi connectivity index (χ0v) is 12.3. The third-order valence-corrected chi connectivity index (χ3v) is 4.17. The average Bonchev–Trinajstić information content (AvgIpc) is 2.39. The van der Waals surface area contributed by atoms with Gasteiger partial charge in [-0.25, -0.2) is 8.78 Å². The predicted octanol–water partition coefficient (Wildman–Crippen LogP) is 4.34. The van der Waals surface area contributed by atoms with Crippen molar-refractivity contribution in [3.05, 3.63) is 69.2 Å². The van der Waals surface area contributed by atoms with Gasteiger partial charge >= 0.3 is 0 Å². The normalized spacial score (nSPS) is 12.5. The van der Waals surface area contributed by atoms with E-state index in [1.807, 2.05) is 25.1 Å². The number of hydrogen-bond donors (Lipinski definition) is 1. The molecule has 0 fully saturated rings. The van der Waals surface area contributed by atoms with Crippen LogP contribution in [0, 0.1) is 18.6 Å². The van der Waals surface area contributed by atoms with Gasteiger partial charge in [0, 0.05) is 10.0 Å². The fourth-order valence-corrected chi connectivity index (χ4v) is 2.60. The molecular weight excluding hydrogens is 312 g/mol. The second kappa shape index (κ2) is 5.80. The largest absolute Gasteiger partial charge is 0.309 e. The van der Waals surface area contributed by atoms with E-state index in [0.717, 1.165) is 27.7 Å². The molecule has 4 heteroatoms. The first kappa shape index (κ1) is 14.2. The van der Waals surface area contributed by atoms with E-state index in [4.69, 9.17) is 0 Å². The summed E-state index contributed by atoms with van der Waals surface area (Å²) in [5.74, 6) is -0.866. The highest BCUT2D eigenvalue weighted by Crippen LogP contribution is 2.32. The van der Waals surface area contributed by atoms with Crippen LogP contribution in [0.25, 0.3) is 0 Å². The molecule has 0 bridgehead atoms. The van der Waals surface area contributed by atoms with E-state index >= 15 is 0 Å². The molecule has 0 aliphatic rings. The first-order valence-corrected chi connectivity index (χ1v) is 6.71. The summed E-state index contributed by atoms with van der Waals surface area (Å²) in [5, 5.41) is 3.03. The van der Waals surface area contributed by atoms with Gasteiger partial charge in [0.25, 0.3) is 0 Å². The Balaban J connectivity index is 2.56. The Bertz CT molecular complexity index is 597. The number of aryl methyl sites for hydroxylation is 1. The van der Waals surface area contributed by atoms with Crippen LogP contribution < -0.4 is 5.32 Å². The van der Waals surface area contributed by atoms with E-state index in [1.165, 1.54) is 6.07 Å². The van der Waals surface area contributed by atoms with Crippen molar-refractivity contribution in [1.82, 2.24) is 5.32 Å². The molecule has 0 aliphatic heterocycles. The van der Waals surface area contributed by atoms with Gasteiger partial charge in [-0.2, -0.15) is 0 Å². The van der Waals surface area contributed by atoms with Crippen LogP contribution in [0.2, 0.25) is 0 Å². The minimum absolute atomic E-state index is 0.300. The van der Waals surface area contributed by atoms with Crippen molar-refractivity contribution in [3.8, 4) is 0 Å². The molecule has 1 atom stereocenters. The molecule has 1 nitrogen and oxygen atoms in total. The predicted molar refractivity (Wildman–Crippen MR) is 76.1 cm³/mol. The lowest BCUT2D eigenvalue weighted by molar-refractivity contribution is 0.557. The standard InChI is InChI=1S/C15H14BrF2N/c1-9-4-3-5-11(14(9)16)15(19-2)12-8-10(17)6-7-13(12)18/h3-8,15,19H,1-2H3. The van der Waals surface area contributed by atoms with Crippen molar-refractivity contribution in [1.29, 1.82) is 0 Å². The smallest absolute Gasteiger partial charge is 0.128 e. The molecule has 2 rings (SSSR count). The molecule has 0 radical (unpaired) electrons. The third kappa shape index (κ3) is 2.85. The topological polar surface area (TPSA) is 12.0 Å². The molecule has 2 aromatic rings. The lowest BCUT2D eigenvalue weighted by atomic mass is 9.97. The van der Waals surface area contributed by atoms with Gasteiger partial charge in [-0.15, -0.1) is 0 Å². The third-order valence-electron chi connectivity index (χ3n) is 3.09. The SMILES string of the molecule is CNC(c1cc(F)ccc1F)c1cccc(C)c1Br. The Morgan fingerprint density at radius 2 is 1.84 bits per heavy atom. The summed E-state index contributed by atoms with van der Waals surface area (Å²) in [6, 6.07) is 8.85. The van der Waals surface area contributed by atoms with E-state index in [0.29, 0.717) is 5.56 Å². The van der Waals surface area contributed by atoms with Crippen molar-refractivity contribution in [2.24, 2.45) is 0 Å². The van der Waals surface area contributed by atoms with E-state index in [1.54, 1.807) is 7.05 Å². The lowest BCUT2D eigenvalue weighted by Crippen LogP contribution is -2.20. The van der Waals surface area contributed by atoms with Crippen LogP contribution in [-0.4, -0.2) is 7.05 Å². The van der Waals surface area contributed by atoms with Crippen molar-refractivity contribution in [2.45, 2.75) is 13.0 Å². The summed E-state index contributed by atoms with van der Waals surface area (Å²) in [4.78, 5) is 0. The molecule has 0 spiro atoms. The fraction of sp³-hybridized carbons (Fsp3) is 0.200. The van der Waals surface area contributed by atoms with Crippen molar-refractivity contribution < 1.29 is 8.78 Å². The Hall–Kier alpha value is -1.26. The van der Waals surface area contributed by atoms with E-state index in [9.17, 15) is 8.78 Å². The number of benzene rings is 2. The van der Waals surface area contributed by atoms with Gasteiger partial charge < -0.3 is 5.32 Å². The molecule has 0 amide bonds. The van der Waals surface area contributed by atoms with E-state index in [-0.39, 0.29) is 0 Å². The maximum absolute atomic E-state index is 13.9. The lowest BCUT2D eigenvalue weighted by Gasteiger charge is -2.20. The van der Waals surface area contributed by atoms with Crippen LogP contribution in [0.15, 0.2) is 40.9 Å². The summed E-state index contributed by atoms with van der Waals surface area (Å²) >= 11 is 3.51. The van der Waals surface area contributed by atoms with Gasteiger partial charge in [-0.05, 0) is 43.3 Å². The van der Waals surface area contributed by atoms with Gasteiger partial charge in [0.05, 0.1) is 6.04 Å². The maximum atomic E-state index is 13.9. The highest BCUT2D eigenvalue weighted by atomic mass is 79.9. The Morgan fingerprint density at radius 1 is 1.11 bits per heavy atom. The van der Waals surface area contributed by atoms with Crippen molar-refractivity contribution in [2.75, 3.05) is 7.05 Å². The molecule has 2 aromatic carbocycles. The van der Waals surface area contributed by atoms with Crippen molar-refractivity contribution >= 4 is 15.9 Å². The summed E-state index contributed by atoms with van der Waals surface area (Å²) in [6.45, 7) is 1.96. The van der Waals surface area contributed by atoms with Gasteiger partial charge in [0.15, 0.2) is 0 Å². The molecule has 0 aromatic heterocycles. The molecule has 0 saturated carbocycles. The molecule has 1 unspecified atom stereocenters. The van der Waals surface area contributed by atoms with Gasteiger partial charge in [-0.3, -0.25) is 0 Å². The van der Waals surface area contributed by atoms with Crippen LogP contribution in [0.1, 0.15) is 22.7 Å². The quantitative estimate of drug-likeness (QED) is 0.884. The van der Waals surface area contributed by atoms with Crippen LogP contribution in [-0.2, 0) is 0 Å². The Morgan fingerprint density at radius 3 is 2.53 bits per heavy atom.